The molecule has 1 aromatic heterocycles. The molecule has 0 N–H and O–H groups in total. The summed E-state index contributed by atoms with van der Waals surface area (Å²) in [6, 6.07) is 1.67. The summed E-state index contributed by atoms with van der Waals surface area (Å²) in [5.41, 5.74) is 0.571. The average Bonchev–Trinajstić information content (AvgIpc) is 2.71. The van der Waals surface area contributed by atoms with E-state index in [2.05, 4.69) is 9.97 Å². The average molecular weight is 433 g/mol. The Morgan fingerprint density at radius 1 is 1.00 bits per heavy atom. The number of nitrogens with zero attached hydrogens (tertiary/aromatic N) is 2. The maximum Gasteiger partial charge on any atom is 0.264 e. The molecule has 166 valence electrons. The first kappa shape index (κ1) is 24.1. The molecule has 0 atom stereocenters. The van der Waals surface area contributed by atoms with Gasteiger partial charge in [-0.3, -0.25) is 4.18 Å². The first-order valence-electron chi connectivity index (χ1n) is 9.90. The van der Waals surface area contributed by atoms with E-state index >= 15 is 0 Å². The van der Waals surface area contributed by atoms with Crippen LogP contribution >= 0.6 is 0 Å². The van der Waals surface area contributed by atoms with Crippen LogP contribution in [0.2, 0.25) is 0 Å². The second kappa shape index (κ2) is 13.2. The molecular weight excluding hydrogens is 400 g/mol. The molecule has 0 bridgehead atoms. The topological polar surface area (TPSA) is 106 Å². The van der Waals surface area contributed by atoms with Gasteiger partial charge in [-0.05, 0) is 31.7 Å². The first-order chi connectivity index (χ1) is 14.0. The second-order valence-corrected chi connectivity index (χ2v) is 8.58. The lowest BCUT2D eigenvalue weighted by molar-refractivity contribution is -0.0269. The van der Waals surface area contributed by atoms with Crippen molar-refractivity contribution >= 4 is 10.1 Å². The summed E-state index contributed by atoms with van der Waals surface area (Å²) in [4.78, 5) is 8.82. The van der Waals surface area contributed by atoms with Crippen LogP contribution in [0.15, 0.2) is 12.3 Å². The molecule has 1 aromatic rings. The third kappa shape index (κ3) is 10.4. The number of ether oxygens (including phenoxy) is 4. The van der Waals surface area contributed by atoms with Crippen LogP contribution < -0.4 is 0 Å². The highest BCUT2D eigenvalue weighted by Gasteiger charge is 2.24. The van der Waals surface area contributed by atoms with Crippen molar-refractivity contribution in [2.45, 2.75) is 44.3 Å². The molecule has 0 saturated heterocycles. The molecule has 1 fully saturated rings. The summed E-state index contributed by atoms with van der Waals surface area (Å²) < 4.78 is 48.7. The molecule has 1 heterocycles. The Kier molecular flexibility index (Phi) is 11.0. The van der Waals surface area contributed by atoms with E-state index in [0.717, 1.165) is 37.8 Å². The van der Waals surface area contributed by atoms with Crippen LogP contribution in [0.4, 0.5) is 0 Å². The van der Waals surface area contributed by atoms with Gasteiger partial charge in [-0.25, -0.2) is 9.97 Å². The molecular formula is C19H32N2O7S. The number of hydrogen-bond acceptors (Lipinski definition) is 9. The fourth-order valence-electron chi connectivity index (χ4n) is 3.08. The maximum atomic E-state index is 11.1. The van der Waals surface area contributed by atoms with Gasteiger partial charge >= 0.3 is 0 Å². The zero-order chi connectivity index (χ0) is 21.0. The Bertz CT molecular complexity index is 679. The number of hydrogen-bond donors (Lipinski definition) is 0. The molecule has 9 nitrogen and oxygen atoms in total. The van der Waals surface area contributed by atoms with Gasteiger partial charge in [0, 0.05) is 19.2 Å². The highest BCUT2D eigenvalue weighted by Crippen LogP contribution is 2.32. The highest BCUT2D eigenvalue weighted by molar-refractivity contribution is 7.85. The van der Waals surface area contributed by atoms with Gasteiger partial charge in [0.05, 0.1) is 57.7 Å². The SMILES string of the molecule is COCCOCCOCCOC1CCC(c2nccc(COS(C)(=O)=O)n2)CC1. The minimum atomic E-state index is -3.49. The van der Waals surface area contributed by atoms with Crippen molar-refractivity contribution in [2.24, 2.45) is 0 Å². The van der Waals surface area contributed by atoms with Gasteiger partial charge in [0.1, 0.15) is 12.4 Å². The van der Waals surface area contributed by atoms with Gasteiger partial charge in [0.2, 0.25) is 0 Å². The van der Waals surface area contributed by atoms with Crippen molar-refractivity contribution in [3.05, 3.63) is 23.8 Å². The first-order valence-corrected chi connectivity index (χ1v) is 11.7. The summed E-state index contributed by atoms with van der Waals surface area (Å²) in [6.07, 6.45) is 6.67. The fourth-order valence-corrected chi connectivity index (χ4v) is 3.42. The van der Waals surface area contributed by atoms with Crippen molar-refractivity contribution < 1.29 is 31.5 Å². The third-order valence-corrected chi connectivity index (χ3v) is 5.12. The predicted octanol–water partition coefficient (Wildman–Crippen LogP) is 1.68. The smallest absolute Gasteiger partial charge is 0.264 e. The normalized spacial score (nSPS) is 20.1. The quantitative estimate of drug-likeness (QED) is 0.320. The molecule has 0 amide bonds. The van der Waals surface area contributed by atoms with Gasteiger partial charge in [-0.1, -0.05) is 0 Å². The molecule has 0 aliphatic heterocycles. The third-order valence-electron chi connectivity index (χ3n) is 4.58. The van der Waals surface area contributed by atoms with E-state index < -0.39 is 10.1 Å². The lowest BCUT2D eigenvalue weighted by Gasteiger charge is -2.27. The van der Waals surface area contributed by atoms with Crippen LogP contribution in [0.3, 0.4) is 0 Å². The number of rotatable bonds is 14. The molecule has 1 saturated carbocycles. The Balaban J connectivity index is 1.60. The summed E-state index contributed by atoms with van der Waals surface area (Å²) in [5.74, 6) is 1.00. The lowest BCUT2D eigenvalue weighted by Crippen LogP contribution is -2.23. The van der Waals surface area contributed by atoms with Gasteiger partial charge in [-0.15, -0.1) is 0 Å². The maximum absolute atomic E-state index is 11.1. The molecule has 0 unspecified atom stereocenters. The van der Waals surface area contributed by atoms with Gasteiger partial charge in [0.25, 0.3) is 10.1 Å². The zero-order valence-corrected chi connectivity index (χ0v) is 18.1. The van der Waals surface area contributed by atoms with E-state index in [1.807, 2.05) is 0 Å². The van der Waals surface area contributed by atoms with Gasteiger partial charge in [-0.2, -0.15) is 8.42 Å². The number of aromatic nitrogens is 2. The summed E-state index contributed by atoms with van der Waals surface area (Å²) in [7, 11) is -1.84. The largest absolute Gasteiger partial charge is 0.382 e. The lowest BCUT2D eigenvalue weighted by atomic mass is 9.87. The Hall–Kier alpha value is -1.17. The molecule has 0 spiro atoms. The standard InChI is InChI=1S/C19H32N2O7S/c1-24-9-10-25-11-12-26-13-14-27-18-5-3-16(4-6-18)19-20-8-7-17(21-19)15-28-29(2,22)23/h7-8,16,18H,3-6,9-15H2,1-2H3. The van der Waals surface area contributed by atoms with Crippen molar-refractivity contribution in [2.75, 3.05) is 53.0 Å². The second-order valence-electron chi connectivity index (χ2n) is 6.93. The van der Waals surface area contributed by atoms with Gasteiger partial charge in [0.15, 0.2) is 0 Å². The van der Waals surface area contributed by atoms with Crippen molar-refractivity contribution in [1.29, 1.82) is 0 Å². The Morgan fingerprint density at radius 2 is 1.66 bits per heavy atom. The van der Waals surface area contributed by atoms with E-state index in [0.29, 0.717) is 45.3 Å². The highest BCUT2D eigenvalue weighted by atomic mass is 32.2. The monoisotopic (exact) mass is 432 g/mol. The van der Waals surface area contributed by atoms with E-state index in [1.165, 1.54) is 0 Å². The van der Waals surface area contributed by atoms with Crippen LogP contribution in [-0.4, -0.2) is 77.5 Å². The molecule has 1 aliphatic carbocycles. The van der Waals surface area contributed by atoms with Gasteiger partial charge < -0.3 is 18.9 Å². The molecule has 10 heteroatoms. The van der Waals surface area contributed by atoms with E-state index in [-0.39, 0.29) is 18.6 Å². The summed E-state index contributed by atoms with van der Waals surface area (Å²) in [6.45, 7) is 3.34. The van der Waals surface area contributed by atoms with Crippen LogP contribution in [0, 0.1) is 0 Å². The minimum absolute atomic E-state index is 0.0652. The van der Waals surface area contributed by atoms with Crippen molar-refractivity contribution in [3.63, 3.8) is 0 Å². The zero-order valence-electron chi connectivity index (χ0n) is 17.2. The Labute approximate surface area is 173 Å². The minimum Gasteiger partial charge on any atom is -0.382 e. The summed E-state index contributed by atoms with van der Waals surface area (Å²) >= 11 is 0. The Morgan fingerprint density at radius 3 is 2.31 bits per heavy atom. The fraction of sp³-hybridized carbons (Fsp3) is 0.789. The molecule has 29 heavy (non-hydrogen) atoms. The van der Waals surface area contributed by atoms with E-state index in [9.17, 15) is 8.42 Å². The van der Waals surface area contributed by atoms with E-state index in [4.69, 9.17) is 23.1 Å². The number of methoxy groups -OCH3 is 1. The van der Waals surface area contributed by atoms with Crippen LogP contribution in [0.1, 0.15) is 43.1 Å². The molecule has 0 radical (unpaired) electrons. The van der Waals surface area contributed by atoms with Crippen molar-refractivity contribution in [1.82, 2.24) is 9.97 Å². The van der Waals surface area contributed by atoms with Crippen molar-refractivity contribution in [3.8, 4) is 0 Å². The van der Waals surface area contributed by atoms with Crippen LogP contribution in [0.25, 0.3) is 0 Å². The predicted molar refractivity (Wildman–Crippen MR) is 106 cm³/mol. The van der Waals surface area contributed by atoms with Crippen LogP contribution in [-0.2, 0) is 39.9 Å². The van der Waals surface area contributed by atoms with E-state index in [1.54, 1.807) is 19.4 Å². The summed E-state index contributed by atoms with van der Waals surface area (Å²) in [5, 5.41) is 0. The van der Waals surface area contributed by atoms with Crippen LogP contribution in [0.5, 0.6) is 0 Å². The molecule has 0 aromatic carbocycles. The molecule has 2 rings (SSSR count). The molecule has 1 aliphatic rings.